The van der Waals surface area contributed by atoms with Crippen molar-refractivity contribution in [2.45, 2.75) is 6.92 Å². The average Bonchev–Trinajstić information content (AvgIpc) is 3.40. The van der Waals surface area contributed by atoms with Gasteiger partial charge in [-0.2, -0.15) is 0 Å². The molecule has 1 aliphatic rings. The van der Waals surface area contributed by atoms with Gasteiger partial charge in [0.2, 0.25) is 5.91 Å². The number of rotatable bonds is 7. The lowest BCUT2D eigenvalue weighted by atomic mass is 10.1. The first-order valence-electron chi connectivity index (χ1n) is 11.0. The van der Waals surface area contributed by atoms with Crippen molar-refractivity contribution in [3.63, 3.8) is 0 Å². The third-order valence-electron chi connectivity index (χ3n) is 5.47. The summed E-state index contributed by atoms with van der Waals surface area (Å²) in [5, 5.41) is 17.1. The number of hydrogen-bond donors (Lipinski definition) is 2. The Hall–Kier alpha value is -4.44. The maximum absolute atomic E-state index is 12.5. The van der Waals surface area contributed by atoms with Crippen molar-refractivity contribution in [1.82, 2.24) is 0 Å². The lowest BCUT2D eigenvalue weighted by Gasteiger charge is -2.28. The van der Waals surface area contributed by atoms with E-state index in [0.29, 0.717) is 48.9 Å². The van der Waals surface area contributed by atoms with E-state index < -0.39 is 16.7 Å². The number of benzene rings is 2. The fourth-order valence-electron chi connectivity index (χ4n) is 3.64. The summed E-state index contributed by atoms with van der Waals surface area (Å²) in [7, 11) is 0. The molecular formula is C25H24N4O6. The number of nitro benzene ring substituents is 1. The minimum atomic E-state index is -0.423. The van der Waals surface area contributed by atoms with E-state index >= 15 is 0 Å². The molecule has 0 atom stereocenters. The number of ether oxygens (including phenoxy) is 1. The van der Waals surface area contributed by atoms with Crippen LogP contribution in [0.4, 0.5) is 22.7 Å². The number of furan rings is 1. The van der Waals surface area contributed by atoms with E-state index in [2.05, 4.69) is 10.6 Å². The highest BCUT2D eigenvalue weighted by Gasteiger charge is 2.21. The van der Waals surface area contributed by atoms with Gasteiger partial charge in [0, 0.05) is 36.6 Å². The molecule has 0 aliphatic carbocycles. The maximum atomic E-state index is 12.5. The molecule has 2 amide bonds. The molecule has 1 fully saturated rings. The van der Waals surface area contributed by atoms with Crippen LogP contribution in [-0.4, -0.2) is 43.0 Å². The number of nitrogens with one attached hydrogen (secondary N) is 2. The predicted octanol–water partition coefficient (Wildman–Crippen LogP) is 4.24. The molecule has 0 unspecified atom stereocenters. The van der Waals surface area contributed by atoms with Crippen molar-refractivity contribution < 1.29 is 23.7 Å². The molecule has 10 heteroatoms. The minimum Gasteiger partial charge on any atom is -0.459 e. The fourth-order valence-corrected chi connectivity index (χ4v) is 3.64. The summed E-state index contributed by atoms with van der Waals surface area (Å²) in [5.41, 5.74) is 2.85. The molecule has 2 heterocycles. The number of morpholine rings is 1. The summed E-state index contributed by atoms with van der Waals surface area (Å²) < 4.78 is 10.4. The molecule has 1 aliphatic heterocycles. The minimum absolute atomic E-state index is 0.0229. The van der Waals surface area contributed by atoms with Crippen LogP contribution in [0.5, 0.6) is 0 Å². The molecule has 1 aromatic heterocycles. The quantitative estimate of drug-likeness (QED) is 0.297. The molecule has 0 bridgehead atoms. The van der Waals surface area contributed by atoms with Crippen molar-refractivity contribution in [2.75, 3.05) is 41.8 Å². The number of nitrogens with zero attached hydrogens (tertiary/aromatic N) is 2. The second-order valence-electron chi connectivity index (χ2n) is 7.89. The highest BCUT2D eigenvalue weighted by Crippen LogP contribution is 2.30. The van der Waals surface area contributed by atoms with Crippen LogP contribution in [0.15, 0.2) is 65.3 Å². The van der Waals surface area contributed by atoms with E-state index in [4.69, 9.17) is 9.15 Å². The van der Waals surface area contributed by atoms with Gasteiger partial charge in [-0.05, 0) is 54.5 Å². The highest BCUT2D eigenvalue weighted by molar-refractivity contribution is 6.04. The molecule has 35 heavy (non-hydrogen) atoms. The first-order chi connectivity index (χ1) is 16.9. The molecule has 0 radical (unpaired) electrons. The first-order valence-corrected chi connectivity index (χ1v) is 11.0. The predicted molar refractivity (Wildman–Crippen MR) is 132 cm³/mol. The molecular weight excluding hydrogens is 452 g/mol. The van der Waals surface area contributed by atoms with Crippen LogP contribution in [0, 0.1) is 17.0 Å². The zero-order valence-electron chi connectivity index (χ0n) is 19.0. The molecule has 2 N–H and O–H groups in total. The topological polar surface area (TPSA) is 127 Å². The molecule has 0 saturated carbocycles. The SMILES string of the molecule is Cc1ccc(NC(=O)c2ccco2)cc1NC(=O)/C=C/c1ccc(N2CCOCC2)c([N+](=O)[O-])c1. The summed E-state index contributed by atoms with van der Waals surface area (Å²) in [6.45, 7) is 4.03. The van der Waals surface area contributed by atoms with Gasteiger partial charge in [-0.3, -0.25) is 19.7 Å². The standard InChI is InChI=1S/C25H24N4O6/c1-17-4-7-19(26-25(31)23-3-2-12-35-23)16-20(17)27-24(30)9-6-18-5-8-21(22(15-18)29(32)33)28-10-13-34-14-11-28/h2-9,12,15-16H,10-11,13-14H2,1H3,(H,26,31)(H,27,30)/b9-6+. The summed E-state index contributed by atoms with van der Waals surface area (Å²) in [4.78, 5) is 37.8. The number of aryl methyl sites for hydroxylation is 1. The monoisotopic (exact) mass is 476 g/mol. The van der Waals surface area contributed by atoms with Gasteiger partial charge in [-0.15, -0.1) is 0 Å². The Kier molecular flexibility index (Phi) is 7.22. The third-order valence-corrected chi connectivity index (χ3v) is 5.47. The molecule has 0 spiro atoms. The summed E-state index contributed by atoms with van der Waals surface area (Å²) in [5.74, 6) is -0.645. The Morgan fingerprint density at radius 2 is 1.89 bits per heavy atom. The van der Waals surface area contributed by atoms with Crippen molar-refractivity contribution >= 4 is 40.6 Å². The summed E-state index contributed by atoms with van der Waals surface area (Å²) in [6.07, 6.45) is 4.23. The zero-order valence-corrected chi connectivity index (χ0v) is 19.0. The molecule has 2 aromatic carbocycles. The molecule has 3 aromatic rings. The lowest BCUT2D eigenvalue weighted by molar-refractivity contribution is -0.384. The van der Waals surface area contributed by atoms with Crippen LogP contribution < -0.4 is 15.5 Å². The van der Waals surface area contributed by atoms with Crippen molar-refractivity contribution in [3.8, 4) is 0 Å². The normalized spacial score (nSPS) is 13.6. The largest absolute Gasteiger partial charge is 0.459 e. The van der Waals surface area contributed by atoms with Crippen molar-refractivity contribution in [1.29, 1.82) is 0 Å². The Morgan fingerprint density at radius 3 is 2.60 bits per heavy atom. The average molecular weight is 476 g/mol. The van der Waals surface area contributed by atoms with Crippen LogP contribution in [0.1, 0.15) is 21.7 Å². The van der Waals surface area contributed by atoms with E-state index in [1.165, 1.54) is 24.5 Å². The van der Waals surface area contributed by atoms with Crippen LogP contribution >= 0.6 is 0 Å². The van der Waals surface area contributed by atoms with Gasteiger partial charge < -0.3 is 24.7 Å². The number of nitro groups is 1. The Morgan fingerprint density at radius 1 is 1.09 bits per heavy atom. The van der Waals surface area contributed by atoms with Gasteiger partial charge in [0.05, 0.1) is 24.4 Å². The van der Waals surface area contributed by atoms with E-state index in [1.807, 2.05) is 11.8 Å². The molecule has 4 rings (SSSR count). The van der Waals surface area contributed by atoms with Gasteiger partial charge in [-0.1, -0.05) is 12.1 Å². The van der Waals surface area contributed by atoms with Gasteiger partial charge in [0.15, 0.2) is 5.76 Å². The van der Waals surface area contributed by atoms with Gasteiger partial charge in [0.1, 0.15) is 5.69 Å². The number of anilines is 3. The van der Waals surface area contributed by atoms with Crippen LogP contribution in [0.25, 0.3) is 6.08 Å². The van der Waals surface area contributed by atoms with Gasteiger partial charge in [-0.25, -0.2) is 0 Å². The fraction of sp³-hybridized carbons (Fsp3) is 0.200. The van der Waals surface area contributed by atoms with Crippen LogP contribution in [0.2, 0.25) is 0 Å². The van der Waals surface area contributed by atoms with E-state index in [0.717, 1.165) is 5.56 Å². The van der Waals surface area contributed by atoms with Crippen molar-refractivity contribution in [3.05, 3.63) is 87.9 Å². The van der Waals surface area contributed by atoms with Crippen molar-refractivity contribution in [2.24, 2.45) is 0 Å². The summed E-state index contributed by atoms with van der Waals surface area (Å²) in [6, 6.07) is 13.2. The maximum Gasteiger partial charge on any atom is 0.293 e. The summed E-state index contributed by atoms with van der Waals surface area (Å²) >= 11 is 0. The number of hydrogen-bond acceptors (Lipinski definition) is 7. The Bertz CT molecular complexity index is 1260. The van der Waals surface area contributed by atoms with E-state index in [1.54, 1.807) is 42.5 Å². The Labute approximate surface area is 201 Å². The number of carbonyl (C=O) groups is 2. The van der Waals surface area contributed by atoms with E-state index in [-0.39, 0.29) is 11.4 Å². The van der Waals surface area contributed by atoms with E-state index in [9.17, 15) is 19.7 Å². The smallest absolute Gasteiger partial charge is 0.293 e. The van der Waals surface area contributed by atoms with Crippen LogP contribution in [0.3, 0.4) is 0 Å². The number of amides is 2. The Balaban J connectivity index is 1.45. The molecule has 10 nitrogen and oxygen atoms in total. The second kappa shape index (κ2) is 10.7. The lowest BCUT2D eigenvalue weighted by Crippen LogP contribution is -2.36. The number of carbonyl (C=O) groups excluding carboxylic acids is 2. The van der Waals surface area contributed by atoms with Gasteiger partial charge >= 0.3 is 0 Å². The zero-order chi connectivity index (χ0) is 24.8. The third kappa shape index (κ3) is 5.92. The molecule has 180 valence electrons. The second-order valence-corrected chi connectivity index (χ2v) is 7.89. The van der Waals surface area contributed by atoms with Crippen LogP contribution in [-0.2, 0) is 9.53 Å². The molecule has 1 saturated heterocycles. The first kappa shape index (κ1) is 23.7. The van der Waals surface area contributed by atoms with Gasteiger partial charge in [0.25, 0.3) is 11.6 Å². The highest BCUT2D eigenvalue weighted by atomic mass is 16.6.